The van der Waals surface area contributed by atoms with E-state index in [1.165, 1.54) is 7.11 Å². The molecule has 0 fully saturated rings. The number of carbonyl (C=O) groups excluding carboxylic acids is 2. The summed E-state index contributed by atoms with van der Waals surface area (Å²) in [5.74, 6) is -2.29. The van der Waals surface area contributed by atoms with Crippen molar-refractivity contribution in [1.29, 1.82) is 0 Å². The fourth-order valence-corrected chi connectivity index (χ4v) is 2.11. The molecular formula is C11H15N3O5S. The van der Waals surface area contributed by atoms with Gasteiger partial charge in [0, 0.05) is 6.42 Å². The number of carbonyl (C=O) groups is 3. The number of aliphatic carboxylic acids is 1. The standard InChI is InChI=1S/C11H15N3O5S/c1-3-6-9(20-14-13-6)10(16)12-7(11(17)18)4-5-8(15)19-2/h7H,3-5H2,1-2H3,(H,12,16)(H,17,18)/t7-/m0/s1. The van der Waals surface area contributed by atoms with Gasteiger partial charge < -0.3 is 15.2 Å². The number of nitrogens with one attached hydrogen (secondary N) is 1. The minimum atomic E-state index is -1.21. The van der Waals surface area contributed by atoms with Crippen molar-refractivity contribution in [2.45, 2.75) is 32.2 Å². The lowest BCUT2D eigenvalue weighted by atomic mass is 10.1. The van der Waals surface area contributed by atoms with E-state index in [1.807, 2.05) is 6.92 Å². The number of methoxy groups -OCH3 is 1. The molecule has 0 aromatic carbocycles. The third-order valence-corrected chi connectivity index (χ3v) is 3.33. The van der Waals surface area contributed by atoms with Crippen LogP contribution >= 0.6 is 11.5 Å². The second-order valence-electron chi connectivity index (χ2n) is 3.88. The molecule has 0 bridgehead atoms. The van der Waals surface area contributed by atoms with E-state index in [2.05, 4.69) is 19.6 Å². The first-order valence-corrected chi connectivity index (χ1v) is 6.68. The van der Waals surface area contributed by atoms with Gasteiger partial charge in [-0.2, -0.15) is 0 Å². The van der Waals surface area contributed by atoms with E-state index in [4.69, 9.17) is 5.11 Å². The summed E-state index contributed by atoms with van der Waals surface area (Å²) < 4.78 is 8.09. The molecule has 1 aromatic rings. The Morgan fingerprint density at radius 1 is 1.45 bits per heavy atom. The number of carboxylic acids is 1. The number of hydrogen-bond acceptors (Lipinski definition) is 7. The zero-order chi connectivity index (χ0) is 15.1. The summed E-state index contributed by atoms with van der Waals surface area (Å²) >= 11 is 0.907. The highest BCUT2D eigenvalue weighted by Crippen LogP contribution is 2.12. The van der Waals surface area contributed by atoms with Gasteiger partial charge in [-0.1, -0.05) is 11.4 Å². The van der Waals surface area contributed by atoms with Gasteiger partial charge in [0.2, 0.25) is 0 Å². The molecule has 0 aliphatic heterocycles. The highest BCUT2D eigenvalue weighted by atomic mass is 32.1. The first-order valence-electron chi connectivity index (χ1n) is 5.91. The summed E-state index contributed by atoms with van der Waals surface area (Å²) in [5, 5.41) is 15.2. The van der Waals surface area contributed by atoms with Crippen LogP contribution in [0.5, 0.6) is 0 Å². The van der Waals surface area contributed by atoms with Crippen molar-refractivity contribution >= 4 is 29.4 Å². The van der Waals surface area contributed by atoms with Crippen molar-refractivity contribution < 1.29 is 24.2 Å². The molecule has 0 unspecified atom stereocenters. The molecule has 0 saturated heterocycles. The van der Waals surface area contributed by atoms with Gasteiger partial charge in [0.15, 0.2) is 0 Å². The van der Waals surface area contributed by atoms with Crippen LogP contribution in [0.25, 0.3) is 0 Å². The van der Waals surface area contributed by atoms with E-state index in [1.54, 1.807) is 0 Å². The topological polar surface area (TPSA) is 118 Å². The van der Waals surface area contributed by atoms with Crippen LogP contribution in [0.2, 0.25) is 0 Å². The highest BCUT2D eigenvalue weighted by molar-refractivity contribution is 7.08. The number of carboxylic acid groups (broad SMARTS) is 1. The second-order valence-corrected chi connectivity index (χ2v) is 4.64. The Morgan fingerprint density at radius 3 is 2.70 bits per heavy atom. The fraction of sp³-hybridized carbons (Fsp3) is 0.545. The maximum Gasteiger partial charge on any atom is 0.326 e. The van der Waals surface area contributed by atoms with Crippen molar-refractivity contribution in [2.24, 2.45) is 0 Å². The molecule has 8 nitrogen and oxygen atoms in total. The maximum absolute atomic E-state index is 12.0. The number of aryl methyl sites for hydroxylation is 1. The summed E-state index contributed by atoms with van der Waals surface area (Å²) in [6, 6.07) is -1.16. The Labute approximate surface area is 119 Å². The van der Waals surface area contributed by atoms with E-state index in [0.717, 1.165) is 11.5 Å². The zero-order valence-electron chi connectivity index (χ0n) is 11.1. The van der Waals surface area contributed by atoms with Gasteiger partial charge in [-0.25, -0.2) is 4.79 Å². The van der Waals surface area contributed by atoms with Gasteiger partial charge >= 0.3 is 11.9 Å². The Hall–Kier alpha value is -2.03. The van der Waals surface area contributed by atoms with Crippen molar-refractivity contribution in [2.75, 3.05) is 7.11 Å². The molecule has 0 spiro atoms. The lowest BCUT2D eigenvalue weighted by Gasteiger charge is -2.13. The monoisotopic (exact) mass is 301 g/mol. The van der Waals surface area contributed by atoms with Crippen LogP contribution in [0.1, 0.15) is 35.1 Å². The summed E-state index contributed by atoms with van der Waals surface area (Å²) in [6.45, 7) is 1.82. The average Bonchev–Trinajstić information content (AvgIpc) is 2.90. The average molecular weight is 301 g/mol. The summed E-state index contributed by atoms with van der Waals surface area (Å²) in [7, 11) is 1.22. The Kier molecular flexibility index (Phi) is 6.04. The van der Waals surface area contributed by atoms with Gasteiger partial charge in [0.25, 0.3) is 5.91 Å². The van der Waals surface area contributed by atoms with Gasteiger partial charge in [0.05, 0.1) is 12.8 Å². The van der Waals surface area contributed by atoms with Crippen LogP contribution in [0, 0.1) is 0 Å². The van der Waals surface area contributed by atoms with Crippen LogP contribution in [-0.2, 0) is 20.7 Å². The van der Waals surface area contributed by atoms with E-state index < -0.39 is 23.9 Å². The predicted molar refractivity (Wildman–Crippen MR) is 69.4 cm³/mol. The molecule has 1 aromatic heterocycles. The molecule has 9 heteroatoms. The maximum atomic E-state index is 12.0. The number of ether oxygens (including phenoxy) is 1. The molecule has 1 amide bonds. The number of aromatic nitrogens is 2. The van der Waals surface area contributed by atoms with Crippen LogP contribution in [-0.4, -0.2) is 45.7 Å². The quantitative estimate of drug-likeness (QED) is 0.692. The van der Waals surface area contributed by atoms with E-state index >= 15 is 0 Å². The minimum Gasteiger partial charge on any atom is -0.480 e. The first-order chi connectivity index (χ1) is 9.49. The van der Waals surface area contributed by atoms with Crippen LogP contribution < -0.4 is 5.32 Å². The fourth-order valence-electron chi connectivity index (χ4n) is 1.46. The van der Waals surface area contributed by atoms with Crippen LogP contribution in [0.4, 0.5) is 0 Å². The molecule has 0 aliphatic carbocycles. The van der Waals surface area contributed by atoms with E-state index in [9.17, 15) is 14.4 Å². The number of hydrogen-bond donors (Lipinski definition) is 2. The predicted octanol–water partition coefficient (Wildman–Crippen LogP) is 0.237. The number of amides is 1. The van der Waals surface area contributed by atoms with E-state index in [0.29, 0.717) is 12.1 Å². The SMILES string of the molecule is CCc1nnsc1C(=O)N[C@@H](CCC(=O)OC)C(=O)O. The van der Waals surface area contributed by atoms with Crippen LogP contribution in [0.3, 0.4) is 0 Å². The van der Waals surface area contributed by atoms with Gasteiger partial charge in [-0.05, 0) is 24.4 Å². The molecule has 0 saturated carbocycles. The zero-order valence-corrected chi connectivity index (χ0v) is 11.9. The molecule has 110 valence electrons. The van der Waals surface area contributed by atoms with Crippen molar-refractivity contribution in [1.82, 2.24) is 14.9 Å². The van der Waals surface area contributed by atoms with Gasteiger partial charge in [0.1, 0.15) is 10.9 Å². The smallest absolute Gasteiger partial charge is 0.326 e. The number of esters is 1. The van der Waals surface area contributed by atoms with Crippen molar-refractivity contribution in [3.63, 3.8) is 0 Å². The highest BCUT2D eigenvalue weighted by Gasteiger charge is 2.24. The molecule has 1 heterocycles. The number of nitrogens with zero attached hydrogens (tertiary/aromatic N) is 2. The minimum absolute atomic E-state index is 0.0402. The number of rotatable bonds is 7. The van der Waals surface area contributed by atoms with Crippen LogP contribution in [0.15, 0.2) is 0 Å². The molecule has 1 atom stereocenters. The molecule has 0 aliphatic rings. The molecule has 2 N–H and O–H groups in total. The third-order valence-electron chi connectivity index (χ3n) is 2.57. The van der Waals surface area contributed by atoms with Gasteiger partial charge in [-0.15, -0.1) is 5.10 Å². The molecule has 0 radical (unpaired) electrons. The summed E-state index contributed by atoms with van der Waals surface area (Å²) in [5.41, 5.74) is 0.518. The summed E-state index contributed by atoms with van der Waals surface area (Å²) in [4.78, 5) is 34.3. The molecule has 1 rings (SSSR count). The van der Waals surface area contributed by atoms with E-state index in [-0.39, 0.29) is 17.7 Å². The normalized spacial score (nSPS) is 11.7. The second kappa shape index (κ2) is 7.53. The first kappa shape index (κ1) is 16.0. The summed E-state index contributed by atoms with van der Waals surface area (Å²) in [6.07, 6.45) is 0.399. The lowest BCUT2D eigenvalue weighted by molar-refractivity contribution is -0.142. The Morgan fingerprint density at radius 2 is 2.15 bits per heavy atom. The Bertz CT molecular complexity index is 502. The van der Waals surface area contributed by atoms with Crippen molar-refractivity contribution in [3.8, 4) is 0 Å². The molecular weight excluding hydrogens is 286 g/mol. The molecule has 20 heavy (non-hydrogen) atoms. The lowest BCUT2D eigenvalue weighted by Crippen LogP contribution is -2.41. The third kappa shape index (κ3) is 4.26. The van der Waals surface area contributed by atoms with Gasteiger partial charge in [-0.3, -0.25) is 9.59 Å². The Balaban J connectivity index is 2.68. The van der Waals surface area contributed by atoms with Crippen molar-refractivity contribution in [3.05, 3.63) is 10.6 Å². The largest absolute Gasteiger partial charge is 0.480 e.